The third-order valence-corrected chi connectivity index (χ3v) is 4.19. The van der Waals surface area contributed by atoms with Crippen LogP contribution in [-0.2, 0) is 6.54 Å². The third-order valence-electron chi connectivity index (χ3n) is 4.19. The molecule has 27 heavy (non-hydrogen) atoms. The van der Waals surface area contributed by atoms with Gasteiger partial charge in [-0.1, -0.05) is 24.3 Å². The molecule has 2 aromatic rings. The number of fused-ring (bicyclic) bond motifs is 1. The molecule has 0 spiro atoms. The van der Waals surface area contributed by atoms with Gasteiger partial charge in [-0.3, -0.25) is 0 Å². The lowest BCUT2D eigenvalue weighted by atomic mass is 10.1. The molecule has 6 heteroatoms. The number of carbonyl (C=O) groups is 1. The van der Waals surface area contributed by atoms with Crippen LogP contribution >= 0.6 is 0 Å². The first-order valence-electron chi connectivity index (χ1n) is 9.21. The molecule has 1 aliphatic heterocycles. The van der Waals surface area contributed by atoms with E-state index < -0.39 is 0 Å². The fourth-order valence-corrected chi connectivity index (χ4v) is 2.85. The predicted octanol–water partition coefficient (Wildman–Crippen LogP) is 3.81. The molecule has 144 valence electrons. The van der Waals surface area contributed by atoms with Crippen LogP contribution in [0.4, 0.5) is 4.79 Å². The lowest BCUT2D eigenvalue weighted by molar-refractivity contribution is 0.171. The summed E-state index contributed by atoms with van der Waals surface area (Å²) in [6.07, 6.45) is 0.0789. The maximum Gasteiger partial charge on any atom is 0.315 e. The Bertz CT molecular complexity index is 792. The molecule has 1 atom stereocenters. The topological polar surface area (TPSA) is 68.8 Å². The molecule has 0 saturated heterocycles. The fourth-order valence-electron chi connectivity index (χ4n) is 2.85. The Balaban J connectivity index is 1.56. The molecule has 1 aliphatic rings. The van der Waals surface area contributed by atoms with Gasteiger partial charge in [-0.05, 0) is 44.5 Å². The van der Waals surface area contributed by atoms with Crippen LogP contribution < -0.4 is 24.8 Å². The van der Waals surface area contributed by atoms with Gasteiger partial charge in [0.05, 0.1) is 12.1 Å². The average molecular weight is 370 g/mol. The van der Waals surface area contributed by atoms with Gasteiger partial charge in [0.1, 0.15) is 19.0 Å². The molecule has 2 amide bonds. The number of urea groups is 1. The Morgan fingerprint density at radius 3 is 2.59 bits per heavy atom. The summed E-state index contributed by atoms with van der Waals surface area (Å²) in [6.45, 7) is 7.38. The van der Waals surface area contributed by atoms with Crippen molar-refractivity contribution in [1.29, 1.82) is 0 Å². The van der Waals surface area contributed by atoms with E-state index in [2.05, 4.69) is 10.6 Å². The third kappa shape index (κ3) is 5.06. The maximum atomic E-state index is 12.3. The van der Waals surface area contributed by atoms with Gasteiger partial charge in [0.25, 0.3) is 0 Å². The van der Waals surface area contributed by atoms with E-state index in [-0.39, 0.29) is 18.2 Å². The Morgan fingerprint density at radius 1 is 1.07 bits per heavy atom. The number of hydrogen-bond acceptors (Lipinski definition) is 4. The van der Waals surface area contributed by atoms with E-state index in [0.29, 0.717) is 25.5 Å². The number of carbonyl (C=O) groups excluding carboxylic acids is 1. The molecule has 0 bridgehead atoms. The van der Waals surface area contributed by atoms with Gasteiger partial charge in [0.2, 0.25) is 0 Å². The van der Waals surface area contributed by atoms with Crippen LogP contribution in [0.15, 0.2) is 42.5 Å². The first kappa shape index (κ1) is 18.9. The maximum absolute atomic E-state index is 12.3. The van der Waals surface area contributed by atoms with Crippen molar-refractivity contribution in [3.63, 3.8) is 0 Å². The van der Waals surface area contributed by atoms with Gasteiger partial charge < -0.3 is 24.8 Å². The van der Waals surface area contributed by atoms with Crippen molar-refractivity contribution in [2.45, 2.75) is 39.5 Å². The summed E-state index contributed by atoms with van der Waals surface area (Å²) >= 11 is 0. The molecule has 0 aromatic heterocycles. The minimum absolute atomic E-state index is 0.0789. The number of ether oxygens (including phenoxy) is 3. The van der Waals surface area contributed by atoms with Crippen molar-refractivity contribution in [1.82, 2.24) is 10.6 Å². The molecule has 1 unspecified atom stereocenters. The van der Waals surface area contributed by atoms with E-state index in [9.17, 15) is 4.79 Å². The van der Waals surface area contributed by atoms with Crippen LogP contribution in [0, 0.1) is 0 Å². The second-order valence-electron chi connectivity index (χ2n) is 6.73. The molecule has 1 heterocycles. The zero-order valence-corrected chi connectivity index (χ0v) is 16.0. The SMILES string of the molecule is CC(C)Oc1ccccc1CNC(=O)NC(C)c1ccc2c(c1)OCCO2. The molecule has 2 N–H and O–H groups in total. The van der Waals surface area contributed by atoms with Crippen molar-refractivity contribution < 1.29 is 19.0 Å². The van der Waals surface area contributed by atoms with Gasteiger partial charge in [0, 0.05) is 12.1 Å². The van der Waals surface area contributed by atoms with Crippen molar-refractivity contribution >= 4 is 6.03 Å². The number of hydrogen-bond donors (Lipinski definition) is 2. The molecule has 0 fully saturated rings. The van der Waals surface area contributed by atoms with Gasteiger partial charge in [0.15, 0.2) is 11.5 Å². The summed E-state index contributed by atoms with van der Waals surface area (Å²) in [4.78, 5) is 12.3. The highest BCUT2D eigenvalue weighted by atomic mass is 16.6. The number of rotatable bonds is 6. The Kier molecular flexibility index (Phi) is 6.06. The Morgan fingerprint density at radius 2 is 1.81 bits per heavy atom. The average Bonchev–Trinajstić information content (AvgIpc) is 2.66. The van der Waals surface area contributed by atoms with Crippen LogP contribution in [0.5, 0.6) is 17.2 Å². The molecule has 0 saturated carbocycles. The van der Waals surface area contributed by atoms with E-state index in [1.807, 2.05) is 63.2 Å². The minimum atomic E-state index is -0.239. The van der Waals surface area contributed by atoms with E-state index in [1.165, 1.54) is 0 Å². The summed E-state index contributed by atoms with van der Waals surface area (Å²) in [5.74, 6) is 2.24. The van der Waals surface area contributed by atoms with Crippen molar-refractivity contribution in [3.8, 4) is 17.2 Å². The van der Waals surface area contributed by atoms with Crippen molar-refractivity contribution in [2.75, 3.05) is 13.2 Å². The zero-order valence-electron chi connectivity index (χ0n) is 16.0. The number of amides is 2. The van der Waals surface area contributed by atoms with Gasteiger partial charge in [-0.25, -0.2) is 4.79 Å². The number of para-hydroxylation sites is 1. The van der Waals surface area contributed by atoms with Crippen molar-refractivity contribution in [2.24, 2.45) is 0 Å². The van der Waals surface area contributed by atoms with E-state index in [4.69, 9.17) is 14.2 Å². The second kappa shape index (κ2) is 8.66. The largest absolute Gasteiger partial charge is 0.491 e. The summed E-state index contributed by atoms with van der Waals surface area (Å²) in [5.41, 5.74) is 1.89. The lowest BCUT2D eigenvalue weighted by Crippen LogP contribution is -2.36. The summed E-state index contributed by atoms with van der Waals surface area (Å²) in [7, 11) is 0. The highest BCUT2D eigenvalue weighted by molar-refractivity contribution is 5.74. The minimum Gasteiger partial charge on any atom is -0.491 e. The number of nitrogens with one attached hydrogen (secondary N) is 2. The Labute approximate surface area is 159 Å². The van der Waals surface area contributed by atoms with Gasteiger partial charge >= 0.3 is 6.03 Å². The number of benzene rings is 2. The van der Waals surface area contributed by atoms with E-state index in [0.717, 1.165) is 22.6 Å². The van der Waals surface area contributed by atoms with E-state index >= 15 is 0 Å². The zero-order chi connectivity index (χ0) is 19.2. The molecule has 6 nitrogen and oxygen atoms in total. The van der Waals surface area contributed by atoms with E-state index in [1.54, 1.807) is 0 Å². The smallest absolute Gasteiger partial charge is 0.315 e. The molecule has 0 radical (unpaired) electrons. The fraction of sp³-hybridized carbons (Fsp3) is 0.381. The predicted molar refractivity (Wildman–Crippen MR) is 103 cm³/mol. The normalized spacial score (nSPS) is 13.8. The molecular weight excluding hydrogens is 344 g/mol. The van der Waals surface area contributed by atoms with Crippen LogP contribution in [0.2, 0.25) is 0 Å². The molecule has 2 aromatic carbocycles. The van der Waals surface area contributed by atoms with Crippen LogP contribution in [0.1, 0.15) is 37.9 Å². The molecule has 3 rings (SSSR count). The quantitative estimate of drug-likeness (QED) is 0.811. The van der Waals surface area contributed by atoms with Crippen LogP contribution in [0.25, 0.3) is 0 Å². The highest BCUT2D eigenvalue weighted by Gasteiger charge is 2.16. The summed E-state index contributed by atoms with van der Waals surface area (Å²) in [6, 6.07) is 13.0. The summed E-state index contributed by atoms with van der Waals surface area (Å²) in [5, 5.41) is 5.84. The lowest BCUT2D eigenvalue weighted by Gasteiger charge is -2.21. The highest BCUT2D eigenvalue weighted by Crippen LogP contribution is 2.32. The molecule has 0 aliphatic carbocycles. The van der Waals surface area contributed by atoms with Crippen LogP contribution in [-0.4, -0.2) is 25.3 Å². The second-order valence-corrected chi connectivity index (χ2v) is 6.73. The Hall–Kier alpha value is -2.89. The first-order valence-corrected chi connectivity index (χ1v) is 9.21. The molecular formula is C21H26N2O4. The first-order chi connectivity index (χ1) is 13.0. The summed E-state index contributed by atoms with van der Waals surface area (Å²) < 4.78 is 16.9. The van der Waals surface area contributed by atoms with Crippen molar-refractivity contribution in [3.05, 3.63) is 53.6 Å². The van der Waals surface area contributed by atoms with Gasteiger partial charge in [-0.15, -0.1) is 0 Å². The van der Waals surface area contributed by atoms with Crippen LogP contribution in [0.3, 0.4) is 0 Å². The standard InChI is InChI=1S/C21H26N2O4/c1-14(2)27-18-7-5-4-6-17(18)13-22-21(24)23-15(3)16-8-9-19-20(12-16)26-11-10-25-19/h4-9,12,14-15H,10-11,13H2,1-3H3,(H2,22,23,24). The van der Waals surface area contributed by atoms with Gasteiger partial charge in [-0.2, -0.15) is 0 Å². The monoisotopic (exact) mass is 370 g/mol.